The number of halogens is 3. The Morgan fingerprint density at radius 3 is 2.88 bits per heavy atom. The van der Waals surface area contributed by atoms with Crippen LogP contribution in [0.3, 0.4) is 0 Å². The molecule has 3 aromatic rings. The molecule has 24 heavy (non-hydrogen) atoms. The third kappa shape index (κ3) is 3.18. The van der Waals surface area contributed by atoms with Crippen LogP contribution in [0.1, 0.15) is 15.4 Å². The van der Waals surface area contributed by atoms with Gasteiger partial charge in [-0.05, 0) is 30.3 Å². The first-order valence-electron chi connectivity index (χ1n) is 6.87. The van der Waals surface area contributed by atoms with E-state index in [1.54, 1.807) is 12.1 Å². The second-order valence-corrected chi connectivity index (χ2v) is 6.37. The van der Waals surface area contributed by atoms with Crippen LogP contribution in [0.4, 0.5) is 8.78 Å². The molecule has 0 unspecified atom stereocenters. The van der Waals surface area contributed by atoms with Gasteiger partial charge in [-0.15, -0.1) is 11.3 Å². The van der Waals surface area contributed by atoms with E-state index in [4.69, 9.17) is 16.3 Å². The van der Waals surface area contributed by atoms with Gasteiger partial charge in [-0.2, -0.15) is 0 Å². The predicted octanol–water partition coefficient (Wildman–Crippen LogP) is 4.17. The van der Waals surface area contributed by atoms with Crippen molar-refractivity contribution in [1.82, 2.24) is 10.3 Å². The topological polar surface area (TPSA) is 51.2 Å². The largest absolute Gasteiger partial charge is 0.483 e. The van der Waals surface area contributed by atoms with Crippen molar-refractivity contribution < 1.29 is 18.3 Å². The summed E-state index contributed by atoms with van der Waals surface area (Å²) in [6.45, 7) is -0.00724. The van der Waals surface area contributed by atoms with Crippen LogP contribution in [-0.2, 0) is 6.61 Å². The van der Waals surface area contributed by atoms with E-state index in [0.717, 1.165) is 22.3 Å². The minimum absolute atomic E-state index is 0.00724. The molecule has 0 atom stereocenters. The van der Waals surface area contributed by atoms with E-state index in [1.807, 2.05) is 6.07 Å². The third-order valence-electron chi connectivity index (χ3n) is 3.25. The average Bonchev–Trinajstić information content (AvgIpc) is 2.95. The van der Waals surface area contributed by atoms with Gasteiger partial charge in [0.15, 0.2) is 11.6 Å². The summed E-state index contributed by atoms with van der Waals surface area (Å²) < 4.78 is 34.2. The first-order valence-corrected chi connectivity index (χ1v) is 8.07. The lowest BCUT2D eigenvalue weighted by Gasteiger charge is -2.09. The summed E-state index contributed by atoms with van der Waals surface area (Å²) in [5.74, 6) is -3.07. The molecule has 1 aromatic heterocycles. The van der Waals surface area contributed by atoms with Crippen molar-refractivity contribution in [2.24, 2.45) is 0 Å². The van der Waals surface area contributed by atoms with Crippen LogP contribution in [0, 0.1) is 11.6 Å². The zero-order valence-corrected chi connectivity index (χ0v) is 14.0. The van der Waals surface area contributed by atoms with Crippen molar-refractivity contribution in [3.63, 3.8) is 0 Å². The maximum Gasteiger partial charge on any atom is 0.257 e. The number of rotatable bonds is 4. The molecule has 0 aliphatic rings. The van der Waals surface area contributed by atoms with Gasteiger partial charge in [-0.3, -0.25) is 4.79 Å². The standard InChI is InChI=1S/C16H11ClF2N2O2S/c1-20-16(22)14-9(18)3-4-11(15(14)19)23-7-13-21-10-6-8(17)2-5-12(10)24-13/h2-6H,7H2,1H3,(H,20,22). The van der Waals surface area contributed by atoms with Crippen LogP contribution >= 0.6 is 22.9 Å². The molecule has 1 heterocycles. The summed E-state index contributed by atoms with van der Waals surface area (Å²) in [4.78, 5) is 15.9. The minimum Gasteiger partial charge on any atom is -0.483 e. The molecule has 124 valence electrons. The van der Waals surface area contributed by atoms with Crippen LogP contribution in [0.2, 0.25) is 5.02 Å². The fraction of sp³-hybridized carbons (Fsp3) is 0.125. The van der Waals surface area contributed by atoms with Gasteiger partial charge in [0.1, 0.15) is 23.0 Å². The van der Waals surface area contributed by atoms with Crippen LogP contribution in [0.5, 0.6) is 5.75 Å². The molecule has 0 spiro atoms. The average molecular weight is 369 g/mol. The fourth-order valence-corrected chi connectivity index (χ4v) is 3.15. The Labute approximate surface area is 145 Å². The zero-order valence-electron chi connectivity index (χ0n) is 12.4. The summed E-state index contributed by atoms with van der Waals surface area (Å²) in [5.41, 5.74) is 0.0443. The van der Waals surface area contributed by atoms with E-state index >= 15 is 0 Å². The van der Waals surface area contributed by atoms with Gasteiger partial charge in [0.2, 0.25) is 0 Å². The summed E-state index contributed by atoms with van der Waals surface area (Å²) in [6, 6.07) is 7.43. The van der Waals surface area contributed by atoms with Crippen molar-refractivity contribution in [2.45, 2.75) is 6.61 Å². The summed E-state index contributed by atoms with van der Waals surface area (Å²) in [5, 5.41) is 3.37. The Morgan fingerprint density at radius 1 is 1.33 bits per heavy atom. The molecule has 0 aliphatic carbocycles. The number of ether oxygens (including phenoxy) is 1. The highest BCUT2D eigenvalue weighted by atomic mass is 35.5. The molecule has 2 aromatic carbocycles. The number of nitrogens with one attached hydrogen (secondary N) is 1. The van der Waals surface area contributed by atoms with Crippen molar-refractivity contribution in [3.8, 4) is 5.75 Å². The van der Waals surface area contributed by atoms with Gasteiger partial charge >= 0.3 is 0 Å². The summed E-state index contributed by atoms with van der Waals surface area (Å²) in [7, 11) is 1.29. The van der Waals surface area contributed by atoms with E-state index in [-0.39, 0.29) is 12.4 Å². The zero-order chi connectivity index (χ0) is 17.3. The predicted molar refractivity (Wildman–Crippen MR) is 88.7 cm³/mol. The fourth-order valence-electron chi connectivity index (χ4n) is 2.13. The Hall–Kier alpha value is -2.25. The number of aromatic nitrogens is 1. The van der Waals surface area contributed by atoms with Crippen molar-refractivity contribution in [3.05, 3.63) is 57.6 Å². The van der Waals surface area contributed by atoms with Gasteiger partial charge in [-0.1, -0.05) is 11.6 Å². The highest BCUT2D eigenvalue weighted by Gasteiger charge is 2.20. The van der Waals surface area contributed by atoms with E-state index in [9.17, 15) is 13.6 Å². The first kappa shape index (κ1) is 16.6. The van der Waals surface area contributed by atoms with Gasteiger partial charge in [0.25, 0.3) is 5.91 Å². The van der Waals surface area contributed by atoms with Crippen LogP contribution in [0.25, 0.3) is 10.2 Å². The molecule has 4 nitrogen and oxygen atoms in total. The monoisotopic (exact) mass is 368 g/mol. The number of nitrogens with zero attached hydrogens (tertiary/aromatic N) is 1. The molecule has 0 saturated carbocycles. The Balaban J connectivity index is 1.84. The second-order valence-electron chi connectivity index (χ2n) is 4.82. The molecule has 1 amide bonds. The lowest BCUT2D eigenvalue weighted by molar-refractivity contribution is 0.0953. The van der Waals surface area contributed by atoms with E-state index in [0.29, 0.717) is 10.0 Å². The number of hydrogen-bond acceptors (Lipinski definition) is 4. The first-order chi connectivity index (χ1) is 11.5. The minimum atomic E-state index is -1.04. The number of fused-ring (bicyclic) bond motifs is 1. The van der Waals surface area contributed by atoms with Crippen molar-refractivity contribution >= 4 is 39.1 Å². The maximum absolute atomic E-state index is 14.3. The van der Waals surface area contributed by atoms with Crippen LogP contribution < -0.4 is 10.1 Å². The molecule has 0 bridgehead atoms. The SMILES string of the molecule is CNC(=O)c1c(F)ccc(OCc2nc3cc(Cl)ccc3s2)c1F. The number of thiazole rings is 1. The number of carbonyl (C=O) groups is 1. The van der Waals surface area contributed by atoms with Crippen molar-refractivity contribution in [2.75, 3.05) is 7.05 Å². The smallest absolute Gasteiger partial charge is 0.257 e. The van der Waals surface area contributed by atoms with Gasteiger partial charge < -0.3 is 10.1 Å². The molecular formula is C16H11ClF2N2O2S. The summed E-state index contributed by atoms with van der Waals surface area (Å²) in [6.07, 6.45) is 0. The molecule has 0 radical (unpaired) electrons. The normalized spacial score (nSPS) is 10.8. The lowest BCUT2D eigenvalue weighted by atomic mass is 10.1. The van der Waals surface area contributed by atoms with E-state index < -0.39 is 23.1 Å². The summed E-state index contributed by atoms with van der Waals surface area (Å²) >= 11 is 7.29. The highest BCUT2D eigenvalue weighted by Crippen LogP contribution is 2.28. The molecule has 1 N–H and O–H groups in total. The second kappa shape index (κ2) is 6.70. The Bertz CT molecular complexity index is 930. The number of amides is 1. The van der Waals surface area contributed by atoms with Gasteiger partial charge in [0.05, 0.1) is 10.2 Å². The molecule has 0 aliphatic heterocycles. The molecule has 0 fully saturated rings. The quantitative estimate of drug-likeness (QED) is 0.752. The Kier molecular flexibility index (Phi) is 4.64. The third-order valence-corrected chi connectivity index (χ3v) is 4.50. The number of benzene rings is 2. The maximum atomic E-state index is 14.3. The Morgan fingerprint density at radius 2 is 2.12 bits per heavy atom. The molecule has 0 saturated heterocycles. The van der Waals surface area contributed by atoms with Crippen LogP contribution in [0.15, 0.2) is 30.3 Å². The number of hydrogen-bond donors (Lipinski definition) is 1. The highest BCUT2D eigenvalue weighted by molar-refractivity contribution is 7.18. The molecule has 8 heteroatoms. The van der Waals surface area contributed by atoms with Crippen molar-refractivity contribution in [1.29, 1.82) is 0 Å². The lowest BCUT2D eigenvalue weighted by Crippen LogP contribution is -2.21. The molecular weight excluding hydrogens is 358 g/mol. The van der Waals surface area contributed by atoms with Gasteiger partial charge in [0, 0.05) is 12.1 Å². The van der Waals surface area contributed by atoms with E-state index in [2.05, 4.69) is 10.3 Å². The van der Waals surface area contributed by atoms with E-state index in [1.165, 1.54) is 18.4 Å². The number of carbonyl (C=O) groups excluding carboxylic acids is 1. The van der Waals surface area contributed by atoms with Gasteiger partial charge in [-0.25, -0.2) is 13.8 Å². The molecule has 3 rings (SSSR count). The van der Waals surface area contributed by atoms with Crippen LogP contribution in [-0.4, -0.2) is 17.9 Å².